The molecule has 2 aliphatic carbocycles. The van der Waals surface area contributed by atoms with Crippen LogP contribution in [-0.4, -0.2) is 9.97 Å². The lowest BCUT2D eigenvalue weighted by Gasteiger charge is -2.49. The van der Waals surface area contributed by atoms with Gasteiger partial charge < -0.3 is 0 Å². The van der Waals surface area contributed by atoms with E-state index in [1.807, 2.05) is 0 Å². The number of alkyl halides is 3. The molecule has 0 bridgehead atoms. The summed E-state index contributed by atoms with van der Waals surface area (Å²) < 4.78 is 37.4. The van der Waals surface area contributed by atoms with Crippen molar-refractivity contribution in [1.29, 1.82) is 0 Å². The van der Waals surface area contributed by atoms with E-state index in [0.29, 0.717) is 5.39 Å². The number of benzene rings is 4. The van der Waals surface area contributed by atoms with E-state index in [1.54, 1.807) is 17.2 Å². The monoisotopic (exact) mass is 428 g/mol. The van der Waals surface area contributed by atoms with Gasteiger partial charge in [0.15, 0.2) is 0 Å². The van der Waals surface area contributed by atoms with Crippen LogP contribution in [0.4, 0.5) is 13.2 Å². The van der Waals surface area contributed by atoms with Gasteiger partial charge in [-0.05, 0) is 63.4 Å². The van der Waals surface area contributed by atoms with E-state index < -0.39 is 11.7 Å². The summed E-state index contributed by atoms with van der Waals surface area (Å²) in [7, 11) is 0. The van der Waals surface area contributed by atoms with Crippen molar-refractivity contribution in [3.05, 3.63) is 95.9 Å². The Bertz CT molecular complexity index is 1480. The van der Waals surface area contributed by atoms with Crippen LogP contribution in [0.3, 0.4) is 0 Å². The Balaban J connectivity index is 0.000000127. The zero-order valence-electron chi connectivity index (χ0n) is 17.1. The maximum Gasteiger partial charge on any atom is 0.418 e. The van der Waals surface area contributed by atoms with E-state index in [9.17, 15) is 13.2 Å². The molecule has 0 amide bonds. The van der Waals surface area contributed by atoms with Crippen LogP contribution in [-0.2, 0) is 6.18 Å². The topological polar surface area (TPSA) is 25.8 Å². The summed E-state index contributed by atoms with van der Waals surface area (Å²) >= 11 is 0. The summed E-state index contributed by atoms with van der Waals surface area (Å²) in [6.07, 6.45) is 0.920. The first-order chi connectivity index (χ1) is 15.5. The zero-order valence-corrected chi connectivity index (χ0v) is 17.1. The molecule has 32 heavy (non-hydrogen) atoms. The second-order valence-electron chi connectivity index (χ2n) is 8.50. The molecule has 0 radical (unpaired) electrons. The maximum atomic E-state index is 12.5. The Hall–Kier alpha value is -3.47. The van der Waals surface area contributed by atoms with Crippen molar-refractivity contribution in [2.45, 2.75) is 30.9 Å². The highest BCUT2D eigenvalue weighted by molar-refractivity contribution is 6.09. The fraction of sp³-hybridized carbons (Fsp3) is 0.185. The number of hydrogen-bond acceptors (Lipinski definition) is 2. The molecule has 2 atom stereocenters. The SMILES string of the molecule is FC(F)(F)c1cccc2cncnc12.c1ccc2c(c1)ccc1c3c(ccc12)C1CCC31. The molecule has 0 N–H and O–H groups in total. The average Bonchev–Trinajstić information content (AvgIpc) is 2.78. The fourth-order valence-electron chi connectivity index (χ4n) is 5.23. The molecule has 1 aromatic heterocycles. The van der Waals surface area contributed by atoms with Crippen molar-refractivity contribution in [1.82, 2.24) is 9.97 Å². The van der Waals surface area contributed by atoms with E-state index >= 15 is 0 Å². The number of rotatable bonds is 0. The number of aromatic nitrogens is 2. The lowest BCUT2D eigenvalue weighted by Crippen LogP contribution is -2.32. The van der Waals surface area contributed by atoms with Crippen molar-refractivity contribution in [2.75, 3.05) is 0 Å². The van der Waals surface area contributed by atoms with E-state index in [1.165, 1.54) is 46.6 Å². The van der Waals surface area contributed by atoms with Crippen LogP contribution in [0, 0.1) is 0 Å². The Morgan fingerprint density at radius 1 is 0.719 bits per heavy atom. The van der Waals surface area contributed by atoms with Gasteiger partial charge in [-0.2, -0.15) is 13.2 Å². The second-order valence-corrected chi connectivity index (χ2v) is 8.50. The van der Waals surface area contributed by atoms with Crippen molar-refractivity contribution in [3.8, 4) is 0 Å². The first kappa shape index (κ1) is 19.2. The van der Waals surface area contributed by atoms with E-state index in [-0.39, 0.29) is 5.52 Å². The highest BCUT2D eigenvalue weighted by Crippen LogP contribution is 2.61. The molecule has 2 unspecified atom stereocenters. The first-order valence-corrected chi connectivity index (χ1v) is 10.7. The molecule has 1 saturated carbocycles. The van der Waals surface area contributed by atoms with Crippen molar-refractivity contribution in [3.63, 3.8) is 0 Å². The van der Waals surface area contributed by atoms with E-state index in [4.69, 9.17) is 0 Å². The summed E-state index contributed by atoms with van der Waals surface area (Å²) in [6.45, 7) is 0. The Morgan fingerprint density at radius 2 is 1.50 bits per heavy atom. The van der Waals surface area contributed by atoms with Crippen LogP contribution in [0.2, 0.25) is 0 Å². The van der Waals surface area contributed by atoms with Crippen LogP contribution in [0.1, 0.15) is 41.4 Å². The minimum atomic E-state index is -4.37. The molecule has 0 saturated heterocycles. The molecule has 2 aliphatic rings. The quantitative estimate of drug-likeness (QED) is 0.237. The van der Waals surface area contributed by atoms with Gasteiger partial charge in [0.05, 0.1) is 11.1 Å². The molecule has 5 aromatic rings. The highest BCUT2D eigenvalue weighted by atomic mass is 19.4. The minimum absolute atomic E-state index is 0.0602. The van der Waals surface area contributed by atoms with Crippen LogP contribution >= 0.6 is 0 Å². The third-order valence-electron chi connectivity index (χ3n) is 6.89. The van der Waals surface area contributed by atoms with Gasteiger partial charge in [0.2, 0.25) is 0 Å². The third-order valence-corrected chi connectivity index (χ3v) is 6.89. The molecular formula is C27H19F3N2. The van der Waals surface area contributed by atoms with Crippen LogP contribution < -0.4 is 0 Å². The molecule has 2 nitrogen and oxygen atoms in total. The predicted octanol–water partition coefficient (Wildman–Crippen LogP) is 7.62. The maximum absolute atomic E-state index is 12.5. The molecule has 1 fully saturated rings. The van der Waals surface area contributed by atoms with E-state index in [0.717, 1.165) is 24.2 Å². The third kappa shape index (κ3) is 2.88. The number of halogens is 3. The number of fused-ring (bicyclic) bond motifs is 9. The fourth-order valence-corrected chi connectivity index (χ4v) is 5.23. The normalized spacial score (nSPS) is 18.8. The number of para-hydroxylation sites is 1. The van der Waals surface area contributed by atoms with Crippen LogP contribution in [0.15, 0.2) is 79.3 Å². The summed E-state index contributed by atoms with van der Waals surface area (Å²) in [6, 6.07) is 22.0. The zero-order chi connectivity index (χ0) is 21.9. The van der Waals surface area contributed by atoms with Gasteiger partial charge in [-0.15, -0.1) is 0 Å². The largest absolute Gasteiger partial charge is 0.418 e. The minimum Gasteiger partial charge on any atom is -0.244 e. The standard InChI is InChI=1S/C18H14.C9H5F3N2/c1-2-4-12-11(3-1)5-6-15-13(12)7-9-16-14-8-10-17(14)18(15)16;10-9(11,12)7-3-1-2-6-4-13-5-14-8(6)7/h1-7,9,14,17H,8,10H2;1-5H. The Labute approximate surface area is 182 Å². The van der Waals surface area contributed by atoms with Crippen LogP contribution in [0.25, 0.3) is 32.4 Å². The smallest absolute Gasteiger partial charge is 0.244 e. The Morgan fingerprint density at radius 3 is 2.31 bits per heavy atom. The highest BCUT2D eigenvalue weighted by Gasteiger charge is 2.45. The van der Waals surface area contributed by atoms with Gasteiger partial charge in [0.1, 0.15) is 6.33 Å². The second kappa shape index (κ2) is 7.02. The van der Waals surface area contributed by atoms with Gasteiger partial charge in [-0.25, -0.2) is 9.97 Å². The lowest BCUT2D eigenvalue weighted by molar-refractivity contribution is -0.136. The van der Waals surface area contributed by atoms with Gasteiger partial charge in [0, 0.05) is 11.6 Å². The molecule has 1 heterocycles. The van der Waals surface area contributed by atoms with Gasteiger partial charge in [-0.1, -0.05) is 60.7 Å². The van der Waals surface area contributed by atoms with Gasteiger partial charge in [-0.3, -0.25) is 0 Å². The number of hydrogen-bond donors (Lipinski definition) is 0. The molecule has 0 spiro atoms. The molecule has 158 valence electrons. The average molecular weight is 428 g/mol. The molecule has 5 heteroatoms. The summed E-state index contributed by atoms with van der Waals surface area (Å²) in [5.74, 6) is 1.78. The molecule has 4 aromatic carbocycles. The van der Waals surface area contributed by atoms with Crippen LogP contribution in [0.5, 0.6) is 0 Å². The molecule has 7 rings (SSSR count). The predicted molar refractivity (Wildman–Crippen MR) is 121 cm³/mol. The summed E-state index contributed by atoms with van der Waals surface area (Å²) in [5, 5.41) is 6.10. The first-order valence-electron chi connectivity index (χ1n) is 10.7. The molecule has 0 aliphatic heterocycles. The Kier molecular flexibility index (Phi) is 4.22. The lowest BCUT2D eigenvalue weighted by atomic mass is 9.55. The van der Waals surface area contributed by atoms with Crippen molar-refractivity contribution >= 4 is 32.4 Å². The van der Waals surface area contributed by atoms with Crippen molar-refractivity contribution in [2.24, 2.45) is 0 Å². The van der Waals surface area contributed by atoms with Gasteiger partial charge in [0.25, 0.3) is 0 Å². The van der Waals surface area contributed by atoms with Gasteiger partial charge >= 0.3 is 6.18 Å². The number of nitrogens with zero attached hydrogens (tertiary/aromatic N) is 2. The summed E-state index contributed by atoms with van der Waals surface area (Å²) in [4.78, 5) is 7.27. The van der Waals surface area contributed by atoms with E-state index in [2.05, 4.69) is 58.5 Å². The van der Waals surface area contributed by atoms with Crippen molar-refractivity contribution < 1.29 is 13.2 Å². The summed E-state index contributed by atoms with van der Waals surface area (Å²) in [5.41, 5.74) is 2.51. The molecular weight excluding hydrogens is 409 g/mol.